The van der Waals surface area contributed by atoms with Gasteiger partial charge >= 0.3 is 0 Å². The van der Waals surface area contributed by atoms with E-state index in [0.717, 1.165) is 49.2 Å². The summed E-state index contributed by atoms with van der Waals surface area (Å²) in [5, 5.41) is 3.16. The highest BCUT2D eigenvalue weighted by Gasteiger charge is 2.47. The summed E-state index contributed by atoms with van der Waals surface area (Å²) in [6.07, 6.45) is 8.84. The number of piperazine rings is 1. The summed E-state index contributed by atoms with van der Waals surface area (Å²) in [5.41, 5.74) is 0. The maximum Gasteiger partial charge on any atom is 0.236 e. The van der Waals surface area contributed by atoms with Crippen LogP contribution in [0.25, 0.3) is 0 Å². The SMILES string of the molecule is O=C1CNCCN1CCC1C2CC3CC(C2)CC1C3. The van der Waals surface area contributed by atoms with Crippen LogP contribution in [0, 0.1) is 29.6 Å². The number of rotatable bonds is 3. The van der Waals surface area contributed by atoms with Gasteiger partial charge in [-0.3, -0.25) is 4.79 Å². The average molecular weight is 262 g/mol. The number of hydrogen-bond acceptors (Lipinski definition) is 2. The third-order valence-electron chi connectivity index (χ3n) is 6.34. The number of hydrogen-bond donors (Lipinski definition) is 1. The molecule has 4 aliphatic carbocycles. The molecule has 0 atom stereocenters. The molecule has 3 nitrogen and oxygen atoms in total. The monoisotopic (exact) mass is 262 g/mol. The van der Waals surface area contributed by atoms with E-state index in [4.69, 9.17) is 0 Å². The summed E-state index contributed by atoms with van der Waals surface area (Å²) in [6.45, 7) is 3.48. The van der Waals surface area contributed by atoms with Crippen LogP contribution in [0.4, 0.5) is 0 Å². The van der Waals surface area contributed by atoms with Crippen LogP contribution >= 0.6 is 0 Å². The predicted molar refractivity (Wildman–Crippen MR) is 74.6 cm³/mol. The van der Waals surface area contributed by atoms with Crippen LogP contribution < -0.4 is 5.32 Å². The summed E-state index contributed by atoms with van der Waals surface area (Å²) in [5.74, 6) is 5.41. The van der Waals surface area contributed by atoms with Gasteiger partial charge in [0, 0.05) is 19.6 Å². The Balaban J connectivity index is 1.36. The van der Waals surface area contributed by atoms with Gasteiger partial charge < -0.3 is 10.2 Å². The highest BCUT2D eigenvalue weighted by molar-refractivity contribution is 5.78. The lowest BCUT2D eigenvalue weighted by atomic mass is 9.51. The Morgan fingerprint density at radius 2 is 1.74 bits per heavy atom. The van der Waals surface area contributed by atoms with Crippen LogP contribution in [0.15, 0.2) is 0 Å². The van der Waals surface area contributed by atoms with Crippen LogP contribution in [0.5, 0.6) is 0 Å². The summed E-state index contributed by atoms with van der Waals surface area (Å²) in [6, 6.07) is 0. The summed E-state index contributed by atoms with van der Waals surface area (Å²) in [7, 11) is 0. The normalized spacial score (nSPS) is 44.9. The molecule has 5 rings (SSSR count). The van der Waals surface area contributed by atoms with Gasteiger partial charge in [-0.15, -0.1) is 0 Å². The van der Waals surface area contributed by atoms with Crippen molar-refractivity contribution in [1.82, 2.24) is 10.2 Å². The van der Waals surface area contributed by atoms with Gasteiger partial charge in [-0.2, -0.15) is 0 Å². The molecular weight excluding hydrogens is 236 g/mol. The zero-order chi connectivity index (χ0) is 12.8. The fourth-order valence-corrected chi connectivity index (χ4v) is 5.70. The first-order valence-electron chi connectivity index (χ1n) is 8.28. The van der Waals surface area contributed by atoms with E-state index in [-0.39, 0.29) is 0 Å². The van der Waals surface area contributed by atoms with Crippen molar-refractivity contribution in [2.75, 3.05) is 26.2 Å². The molecule has 1 amide bonds. The van der Waals surface area contributed by atoms with Crippen LogP contribution in [0.1, 0.15) is 38.5 Å². The Morgan fingerprint density at radius 1 is 1.05 bits per heavy atom. The molecule has 0 radical (unpaired) electrons. The molecule has 1 aliphatic heterocycles. The van der Waals surface area contributed by atoms with Crippen molar-refractivity contribution in [3.05, 3.63) is 0 Å². The van der Waals surface area contributed by atoms with Crippen molar-refractivity contribution in [2.24, 2.45) is 29.6 Å². The number of nitrogens with zero attached hydrogens (tertiary/aromatic N) is 1. The zero-order valence-electron chi connectivity index (χ0n) is 11.8. The Bertz CT molecular complexity index is 340. The molecule has 5 fully saturated rings. The highest BCUT2D eigenvalue weighted by atomic mass is 16.2. The van der Waals surface area contributed by atoms with Crippen LogP contribution in [0.2, 0.25) is 0 Å². The van der Waals surface area contributed by atoms with Crippen molar-refractivity contribution in [2.45, 2.75) is 38.5 Å². The second kappa shape index (κ2) is 4.76. The van der Waals surface area contributed by atoms with E-state index in [1.165, 1.54) is 38.5 Å². The van der Waals surface area contributed by atoms with Crippen LogP contribution in [0.3, 0.4) is 0 Å². The van der Waals surface area contributed by atoms with Gasteiger partial charge in [0.2, 0.25) is 5.91 Å². The molecule has 0 aromatic heterocycles. The van der Waals surface area contributed by atoms with Gasteiger partial charge in [0.05, 0.1) is 6.54 Å². The maximum absolute atomic E-state index is 11.8. The second-order valence-electron chi connectivity index (χ2n) is 7.44. The summed E-state index contributed by atoms with van der Waals surface area (Å²) < 4.78 is 0. The highest BCUT2D eigenvalue weighted by Crippen LogP contribution is 2.57. The molecule has 1 heterocycles. The topological polar surface area (TPSA) is 32.3 Å². The zero-order valence-corrected chi connectivity index (χ0v) is 11.8. The summed E-state index contributed by atoms with van der Waals surface area (Å²) in [4.78, 5) is 13.9. The van der Waals surface area contributed by atoms with Gasteiger partial charge in [0.15, 0.2) is 0 Å². The minimum absolute atomic E-state index is 0.315. The quantitative estimate of drug-likeness (QED) is 0.842. The van der Waals surface area contributed by atoms with E-state index in [1.54, 1.807) is 0 Å². The minimum atomic E-state index is 0.315. The van der Waals surface area contributed by atoms with E-state index >= 15 is 0 Å². The standard InChI is InChI=1S/C16H26N2O/c19-16-10-17-2-4-18(16)3-1-15-13-6-11-5-12(8-13)9-14(15)7-11/h11-15,17H,1-10H2. The molecule has 0 aromatic carbocycles. The molecule has 1 saturated heterocycles. The first-order valence-corrected chi connectivity index (χ1v) is 8.28. The number of carbonyl (C=O) groups is 1. The van der Waals surface area contributed by atoms with E-state index in [2.05, 4.69) is 10.2 Å². The molecule has 4 saturated carbocycles. The van der Waals surface area contributed by atoms with E-state index in [1.807, 2.05) is 0 Å². The Hall–Kier alpha value is -0.570. The number of nitrogens with one attached hydrogen (secondary N) is 1. The van der Waals surface area contributed by atoms with Crippen molar-refractivity contribution < 1.29 is 4.79 Å². The minimum Gasteiger partial charge on any atom is -0.340 e. The smallest absolute Gasteiger partial charge is 0.236 e. The second-order valence-corrected chi connectivity index (χ2v) is 7.44. The molecule has 19 heavy (non-hydrogen) atoms. The molecule has 5 aliphatic rings. The van der Waals surface area contributed by atoms with Crippen LogP contribution in [-0.2, 0) is 4.79 Å². The molecule has 0 unspecified atom stereocenters. The number of carbonyl (C=O) groups excluding carboxylic acids is 1. The fourth-order valence-electron chi connectivity index (χ4n) is 5.70. The third kappa shape index (κ3) is 2.20. The van der Waals surface area contributed by atoms with E-state index in [9.17, 15) is 4.79 Å². The van der Waals surface area contributed by atoms with E-state index in [0.29, 0.717) is 12.5 Å². The molecule has 1 N–H and O–H groups in total. The molecule has 4 bridgehead atoms. The Labute approximate surface area is 116 Å². The summed E-state index contributed by atoms with van der Waals surface area (Å²) >= 11 is 0. The van der Waals surface area contributed by atoms with Gasteiger partial charge in [-0.05, 0) is 68.1 Å². The van der Waals surface area contributed by atoms with Crippen molar-refractivity contribution in [3.63, 3.8) is 0 Å². The van der Waals surface area contributed by atoms with Gasteiger partial charge in [0.25, 0.3) is 0 Å². The van der Waals surface area contributed by atoms with Crippen molar-refractivity contribution in [1.29, 1.82) is 0 Å². The first kappa shape index (κ1) is 12.2. The maximum atomic E-state index is 11.8. The molecule has 106 valence electrons. The molecule has 0 aromatic rings. The van der Waals surface area contributed by atoms with E-state index < -0.39 is 0 Å². The molecule has 0 spiro atoms. The third-order valence-corrected chi connectivity index (χ3v) is 6.34. The fraction of sp³-hybridized carbons (Fsp3) is 0.938. The predicted octanol–water partition coefficient (Wildman–Crippen LogP) is 1.88. The Kier molecular flexibility index (Phi) is 3.06. The van der Waals surface area contributed by atoms with Gasteiger partial charge in [-0.25, -0.2) is 0 Å². The Morgan fingerprint density at radius 3 is 2.37 bits per heavy atom. The van der Waals surface area contributed by atoms with Crippen molar-refractivity contribution in [3.8, 4) is 0 Å². The van der Waals surface area contributed by atoms with Crippen LogP contribution in [-0.4, -0.2) is 37.0 Å². The lowest BCUT2D eigenvalue weighted by Crippen LogP contribution is -2.50. The van der Waals surface area contributed by atoms with Gasteiger partial charge in [0.1, 0.15) is 0 Å². The van der Waals surface area contributed by atoms with Crippen molar-refractivity contribution >= 4 is 5.91 Å². The van der Waals surface area contributed by atoms with Gasteiger partial charge in [-0.1, -0.05) is 0 Å². The number of amides is 1. The molecule has 3 heteroatoms. The lowest BCUT2D eigenvalue weighted by molar-refractivity contribution is -0.132. The lowest BCUT2D eigenvalue weighted by Gasteiger charge is -2.55. The largest absolute Gasteiger partial charge is 0.340 e. The average Bonchev–Trinajstić information content (AvgIpc) is 2.39. The molecular formula is C16H26N2O. The first-order chi connectivity index (χ1) is 9.29.